The normalized spacial score (nSPS) is 31.0. The van der Waals surface area contributed by atoms with E-state index in [1.807, 2.05) is 0 Å². The van der Waals surface area contributed by atoms with Crippen LogP contribution in [0.25, 0.3) is 0 Å². The molecule has 13 heavy (non-hydrogen) atoms. The quantitative estimate of drug-likeness (QED) is 0.628. The molecule has 0 aromatic heterocycles. The fraction of sp³-hybridized carbons (Fsp3) is 0.833. The molecule has 2 rings (SSSR count). The van der Waals surface area contributed by atoms with Crippen LogP contribution >= 0.6 is 0 Å². The van der Waals surface area contributed by atoms with E-state index >= 15 is 0 Å². The minimum Gasteiger partial charge on any atom is -0.372 e. The topological polar surface area (TPSA) is 3.24 Å². The van der Waals surface area contributed by atoms with Gasteiger partial charge in [-0.1, -0.05) is 19.4 Å². The number of piperidine rings is 1. The molecule has 2 aliphatic rings. The summed E-state index contributed by atoms with van der Waals surface area (Å²) in [4.78, 5) is 2.68. The summed E-state index contributed by atoms with van der Waals surface area (Å²) in [7, 11) is 0. The van der Waals surface area contributed by atoms with E-state index in [1.54, 1.807) is 5.70 Å². The molecule has 0 aliphatic carbocycles. The van der Waals surface area contributed by atoms with Gasteiger partial charge in [0.2, 0.25) is 0 Å². The number of unbranched alkanes of at least 4 members (excludes halogenated alkanes) is 1. The molecule has 1 atom stereocenters. The van der Waals surface area contributed by atoms with Crippen molar-refractivity contribution < 1.29 is 0 Å². The lowest BCUT2D eigenvalue weighted by Gasteiger charge is -2.34. The second kappa shape index (κ2) is 4.17. The van der Waals surface area contributed by atoms with Crippen molar-refractivity contribution in [3.05, 3.63) is 11.8 Å². The molecule has 0 saturated carbocycles. The van der Waals surface area contributed by atoms with Crippen LogP contribution in [0.4, 0.5) is 0 Å². The molecule has 0 N–H and O–H groups in total. The highest BCUT2D eigenvalue weighted by Gasteiger charge is 2.28. The van der Waals surface area contributed by atoms with Gasteiger partial charge in [-0.25, -0.2) is 0 Å². The average molecular weight is 179 g/mol. The Balaban J connectivity index is 2.01. The fourth-order valence-corrected chi connectivity index (χ4v) is 2.71. The van der Waals surface area contributed by atoms with Gasteiger partial charge < -0.3 is 4.90 Å². The Morgan fingerprint density at radius 2 is 2.23 bits per heavy atom. The largest absolute Gasteiger partial charge is 0.372 e. The first-order chi connectivity index (χ1) is 6.42. The molecule has 0 spiro atoms. The van der Waals surface area contributed by atoms with Gasteiger partial charge in [0, 0.05) is 18.3 Å². The molecule has 2 heterocycles. The first kappa shape index (κ1) is 9.11. The molecule has 1 unspecified atom stereocenters. The Morgan fingerprint density at radius 3 is 3.08 bits per heavy atom. The Bertz CT molecular complexity index is 195. The lowest BCUT2D eigenvalue weighted by atomic mass is 9.99. The maximum absolute atomic E-state index is 2.68. The van der Waals surface area contributed by atoms with Gasteiger partial charge in [0.1, 0.15) is 0 Å². The summed E-state index contributed by atoms with van der Waals surface area (Å²) < 4.78 is 0. The van der Waals surface area contributed by atoms with Crippen molar-refractivity contribution in [3.63, 3.8) is 0 Å². The smallest absolute Gasteiger partial charge is 0.0287 e. The van der Waals surface area contributed by atoms with E-state index in [-0.39, 0.29) is 0 Å². The lowest BCUT2D eigenvalue weighted by molar-refractivity contribution is 0.254. The summed E-state index contributed by atoms with van der Waals surface area (Å²) in [5, 5.41) is 0. The number of allylic oxidation sites excluding steroid dienone is 2. The van der Waals surface area contributed by atoms with Gasteiger partial charge in [-0.15, -0.1) is 0 Å². The zero-order valence-electron chi connectivity index (χ0n) is 8.76. The average Bonchev–Trinajstić information content (AvgIpc) is 2.62. The number of nitrogens with zero attached hydrogens (tertiary/aromatic N) is 1. The molecular formula is C12H21N. The molecule has 1 heteroatoms. The van der Waals surface area contributed by atoms with Crippen molar-refractivity contribution in [1.29, 1.82) is 0 Å². The zero-order chi connectivity index (χ0) is 9.10. The SMILES string of the molecule is CCC/C=C1\CCCC2CCCN12. The van der Waals surface area contributed by atoms with Gasteiger partial charge in [-0.2, -0.15) is 0 Å². The third-order valence-corrected chi connectivity index (χ3v) is 3.38. The van der Waals surface area contributed by atoms with Gasteiger partial charge in [0.25, 0.3) is 0 Å². The standard InChI is InChI=1S/C12H21N/c1-2-3-6-11-7-4-8-12-9-5-10-13(11)12/h6,12H,2-5,7-10H2,1H3/b11-6+. The van der Waals surface area contributed by atoms with E-state index in [1.165, 1.54) is 51.5 Å². The van der Waals surface area contributed by atoms with Crippen LogP contribution in [0.5, 0.6) is 0 Å². The Labute approximate surface area is 81.8 Å². The van der Waals surface area contributed by atoms with Crippen molar-refractivity contribution in [2.75, 3.05) is 6.54 Å². The number of hydrogen-bond acceptors (Lipinski definition) is 1. The summed E-state index contributed by atoms with van der Waals surface area (Å²) in [6.45, 7) is 3.60. The van der Waals surface area contributed by atoms with Gasteiger partial charge in [-0.3, -0.25) is 0 Å². The van der Waals surface area contributed by atoms with E-state index in [4.69, 9.17) is 0 Å². The fourth-order valence-electron chi connectivity index (χ4n) is 2.71. The van der Waals surface area contributed by atoms with E-state index in [0.717, 1.165) is 6.04 Å². The number of rotatable bonds is 2. The summed E-state index contributed by atoms with van der Waals surface area (Å²) >= 11 is 0. The molecule has 0 radical (unpaired) electrons. The highest BCUT2D eigenvalue weighted by atomic mass is 15.2. The zero-order valence-corrected chi connectivity index (χ0v) is 8.76. The first-order valence-electron chi connectivity index (χ1n) is 5.87. The highest BCUT2D eigenvalue weighted by Crippen LogP contribution is 2.33. The first-order valence-corrected chi connectivity index (χ1v) is 5.87. The minimum atomic E-state index is 0.914. The second-order valence-electron chi connectivity index (χ2n) is 4.37. The Kier molecular flexibility index (Phi) is 2.92. The summed E-state index contributed by atoms with van der Waals surface area (Å²) in [6.07, 6.45) is 12.1. The third kappa shape index (κ3) is 1.90. The number of fused-ring (bicyclic) bond motifs is 1. The minimum absolute atomic E-state index is 0.914. The van der Waals surface area contributed by atoms with Crippen LogP contribution in [0, 0.1) is 0 Å². The van der Waals surface area contributed by atoms with Crippen LogP contribution in [-0.4, -0.2) is 17.5 Å². The maximum Gasteiger partial charge on any atom is 0.0287 e. The lowest BCUT2D eigenvalue weighted by Crippen LogP contribution is -2.32. The van der Waals surface area contributed by atoms with Crippen LogP contribution in [0.2, 0.25) is 0 Å². The van der Waals surface area contributed by atoms with Crippen molar-refractivity contribution in [3.8, 4) is 0 Å². The van der Waals surface area contributed by atoms with Gasteiger partial charge in [-0.05, 0) is 38.5 Å². The highest BCUT2D eigenvalue weighted by molar-refractivity contribution is 5.08. The van der Waals surface area contributed by atoms with Crippen LogP contribution < -0.4 is 0 Å². The van der Waals surface area contributed by atoms with Gasteiger partial charge >= 0.3 is 0 Å². The Morgan fingerprint density at radius 1 is 1.38 bits per heavy atom. The molecule has 0 amide bonds. The van der Waals surface area contributed by atoms with Crippen molar-refractivity contribution >= 4 is 0 Å². The van der Waals surface area contributed by atoms with Crippen LogP contribution in [0.1, 0.15) is 51.9 Å². The molecule has 0 aromatic rings. The van der Waals surface area contributed by atoms with Crippen molar-refractivity contribution in [2.24, 2.45) is 0 Å². The Hall–Kier alpha value is -0.460. The molecule has 2 aliphatic heterocycles. The summed E-state index contributed by atoms with van der Waals surface area (Å²) in [5.74, 6) is 0. The van der Waals surface area contributed by atoms with Crippen LogP contribution in [0.15, 0.2) is 11.8 Å². The third-order valence-electron chi connectivity index (χ3n) is 3.38. The van der Waals surface area contributed by atoms with E-state index in [2.05, 4.69) is 17.9 Å². The van der Waals surface area contributed by atoms with Crippen molar-refractivity contribution in [1.82, 2.24) is 4.90 Å². The maximum atomic E-state index is 2.68. The van der Waals surface area contributed by atoms with Crippen LogP contribution in [0.3, 0.4) is 0 Å². The molecule has 0 bridgehead atoms. The molecule has 1 nitrogen and oxygen atoms in total. The number of hydrogen-bond donors (Lipinski definition) is 0. The summed E-state index contributed by atoms with van der Waals surface area (Å²) in [6, 6.07) is 0.914. The summed E-state index contributed by atoms with van der Waals surface area (Å²) in [5.41, 5.74) is 1.66. The van der Waals surface area contributed by atoms with Gasteiger partial charge in [0.05, 0.1) is 0 Å². The molecule has 74 valence electrons. The van der Waals surface area contributed by atoms with Crippen molar-refractivity contribution in [2.45, 2.75) is 57.9 Å². The molecule has 0 aromatic carbocycles. The molecular weight excluding hydrogens is 158 g/mol. The predicted molar refractivity (Wildman–Crippen MR) is 56.6 cm³/mol. The van der Waals surface area contributed by atoms with Crippen LogP contribution in [-0.2, 0) is 0 Å². The monoisotopic (exact) mass is 179 g/mol. The van der Waals surface area contributed by atoms with E-state index < -0.39 is 0 Å². The molecule has 2 fully saturated rings. The van der Waals surface area contributed by atoms with E-state index in [9.17, 15) is 0 Å². The molecule has 2 saturated heterocycles. The van der Waals surface area contributed by atoms with E-state index in [0.29, 0.717) is 0 Å². The predicted octanol–water partition coefficient (Wildman–Crippen LogP) is 3.32. The van der Waals surface area contributed by atoms with Gasteiger partial charge in [0.15, 0.2) is 0 Å². The second-order valence-corrected chi connectivity index (χ2v) is 4.37.